The molecule has 17 heavy (non-hydrogen) atoms. The zero-order valence-corrected chi connectivity index (χ0v) is 9.92. The van der Waals surface area contributed by atoms with Crippen LogP contribution in [-0.2, 0) is 14.4 Å². The molecule has 0 spiro atoms. The largest absolute Gasteiger partial charge is 0.481 e. The molecule has 0 aromatic carbocycles. The van der Waals surface area contributed by atoms with Crippen LogP contribution in [0, 0.1) is 17.8 Å². The first kappa shape index (κ1) is 15.4. The van der Waals surface area contributed by atoms with Crippen LogP contribution >= 0.6 is 0 Å². The van der Waals surface area contributed by atoms with Gasteiger partial charge in [0, 0.05) is 0 Å². The summed E-state index contributed by atoms with van der Waals surface area (Å²) in [4.78, 5) is 33.1. The molecule has 0 bridgehead atoms. The summed E-state index contributed by atoms with van der Waals surface area (Å²) in [7, 11) is 0. The topological polar surface area (TPSA) is 112 Å². The molecule has 3 N–H and O–H groups in total. The summed E-state index contributed by atoms with van der Waals surface area (Å²) in [6, 6.07) is 0. The van der Waals surface area contributed by atoms with Gasteiger partial charge in [-0.15, -0.1) is 0 Å². The first-order chi connectivity index (χ1) is 7.86. The first-order valence-electron chi connectivity index (χ1n) is 5.55. The van der Waals surface area contributed by atoms with E-state index in [-0.39, 0.29) is 12.8 Å². The van der Waals surface area contributed by atoms with Crippen molar-refractivity contribution in [3.63, 3.8) is 0 Å². The van der Waals surface area contributed by atoms with Gasteiger partial charge in [-0.1, -0.05) is 20.3 Å². The maximum Gasteiger partial charge on any atom is 0.308 e. The Kier molecular flexibility index (Phi) is 6.23. The molecule has 0 aliphatic heterocycles. The molecule has 0 aromatic heterocycles. The Hall–Kier alpha value is -1.59. The van der Waals surface area contributed by atoms with E-state index in [2.05, 4.69) is 0 Å². The smallest absolute Gasteiger partial charge is 0.308 e. The summed E-state index contributed by atoms with van der Waals surface area (Å²) in [5, 5.41) is 27.0. The number of carbonyl (C=O) groups is 3. The second-order valence-corrected chi connectivity index (χ2v) is 3.95. The summed E-state index contributed by atoms with van der Waals surface area (Å²) in [6.07, 6.45) is 0.757. The van der Waals surface area contributed by atoms with E-state index in [4.69, 9.17) is 15.3 Å². The Morgan fingerprint density at radius 2 is 1.35 bits per heavy atom. The highest BCUT2D eigenvalue weighted by atomic mass is 16.4. The van der Waals surface area contributed by atoms with Gasteiger partial charge in [0.25, 0.3) is 0 Å². The van der Waals surface area contributed by atoms with E-state index in [1.165, 1.54) is 0 Å². The van der Waals surface area contributed by atoms with Crippen molar-refractivity contribution in [1.82, 2.24) is 0 Å². The van der Waals surface area contributed by atoms with E-state index < -0.39 is 35.7 Å². The fourth-order valence-corrected chi connectivity index (χ4v) is 1.97. The normalized spacial score (nSPS) is 15.9. The summed E-state index contributed by atoms with van der Waals surface area (Å²) < 4.78 is 0. The van der Waals surface area contributed by atoms with Gasteiger partial charge in [0.05, 0.1) is 17.8 Å². The minimum atomic E-state index is -1.38. The molecule has 98 valence electrons. The van der Waals surface area contributed by atoms with Gasteiger partial charge < -0.3 is 15.3 Å². The molecule has 0 heterocycles. The van der Waals surface area contributed by atoms with Crippen LogP contribution in [0.5, 0.6) is 0 Å². The highest BCUT2D eigenvalue weighted by Gasteiger charge is 2.41. The molecule has 0 aliphatic rings. The van der Waals surface area contributed by atoms with E-state index >= 15 is 0 Å². The van der Waals surface area contributed by atoms with Gasteiger partial charge in [-0.2, -0.15) is 0 Å². The van der Waals surface area contributed by atoms with Gasteiger partial charge in [-0.25, -0.2) is 0 Å². The summed E-state index contributed by atoms with van der Waals surface area (Å²) >= 11 is 0. The zero-order valence-electron chi connectivity index (χ0n) is 9.92. The van der Waals surface area contributed by atoms with Crippen molar-refractivity contribution in [2.24, 2.45) is 17.8 Å². The van der Waals surface area contributed by atoms with Crippen molar-refractivity contribution in [3.05, 3.63) is 0 Å². The van der Waals surface area contributed by atoms with Gasteiger partial charge >= 0.3 is 17.9 Å². The lowest BCUT2D eigenvalue weighted by atomic mass is 9.78. The van der Waals surface area contributed by atoms with Crippen molar-refractivity contribution in [2.75, 3.05) is 0 Å². The zero-order chi connectivity index (χ0) is 13.6. The minimum absolute atomic E-state index is 0.0970. The fourth-order valence-electron chi connectivity index (χ4n) is 1.97. The van der Waals surface area contributed by atoms with E-state index in [9.17, 15) is 14.4 Å². The Balaban J connectivity index is 5.22. The van der Waals surface area contributed by atoms with Crippen LogP contribution in [0.25, 0.3) is 0 Å². The lowest BCUT2D eigenvalue weighted by molar-refractivity contribution is -0.162. The average molecular weight is 246 g/mol. The number of aliphatic carboxylic acids is 3. The third-order valence-corrected chi connectivity index (χ3v) is 2.83. The van der Waals surface area contributed by atoms with Crippen LogP contribution in [-0.4, -0.2) is 33.2 Å². The molecule has 0 fully saturated rings. The molecule has 0 aromatic rings. The standard InChI is InChI=1S/C11H18O6/c1-3-5-7(10(14)15)8(11(16)17)6(4-2)9(12)13/h6-8H,3-5H2,1-2H3,(H,12,13)(H,14,15)(H,16,17). The molecule has 0 amide bonds. The maximum absolute atomic E-state index is 11.1. The minimum Gasteiger partial charge on any atom is -0.481 e. The molecular formula is C11H18O6. The van der Waals surface area contributed by atoms with Crippen molar-refractivity contribution in [3.8, 4) is 0 Å². The highest BCUT2D eigenvalue weighted by Crippen LogP contribution is 2.28. The number of hydrogen-bond acceptors (Lipinski definition) is 3. The number of carboxylic acids is 3. The Morgan fingerprint density at radius 1 is 0.882 bits per heavy atom. The third kappa shape index (κ3) is 4.05. The van der Waals surface area contributed by atoms with Crippen molar-refractivity contribution in [2.45, 2.75) is 33.1 Å². The van der Waals surface area contributed by atoms with Crippen LogP contribution in [0.1, 0.15) is 33.1 Å². The summed E-state index contributed by atoms with van der Waals surface area (Å²) in [5.41, 5.74) is 0. The van der Waals surface area contributed by atoms with Crippen LogP contribution in [0.2, 0.25) is 0 Å². The molecule has 0 saturated carbocycles. The summed E-state index contributed by atoms with van der Waals surface area (Å²) in [5.74, 6) is -7.57. The molecule has 0 aliphatic carbocycles. The average Bonchev–Trinajstić information content (AvgIpc) is 2.21. The van der Waals surface area contributed by atoms with E-state index in [1.54, 1.807) is 13.8 Å². The van der Waals surface area contributed by atoms with Crippen molar-refractivity contribution in [1.29, 1.82) is 0 Å². The van der Waals surface area contributed by atoms with E-state index in [0.29, 0.717) is 6.42 Å². The third-order valence-electron chi connectivity index (χ3n) is 2.83. The molecule has 0 rings (SSSR count). The monoisotopic (exact) mass is 246 g/mol. The molecule has 6 nitrogen and oxygen atoms in total. The molecule has 0 radical (unpaired) electrons. The lowest BCUT2D eigenvalue weighted by Crippen LogP contribution is -2.38. The predicted octanol–water partition coefficient (Wildman–Crippen LogP) is 1.30. The Bertz CT molecular complexity index is 298. The van der Waals surface area contributed by atoms with E-state index in [0.717, 1.165) is 0 Å². The van der Waals surface area contributed by atoms with Gasteiger partial charge in [-0.3, -0.25) is 14.4 Å². The molecule has 3 unspecified atom stereocenters. The molecule has 0 saturated heterocycles. The number of rotatable bonds is 8. The predicted molar refractivity (Wildman–Crippen MR) is 58.6 cm³/mol. The number of carboxylic acid groups (broad SMARTS) is 3. The summed E-state index contributed by atoms with van der Waals surface area (Å²) in [6.45, 7) is 3.27. The molecule has 3 atom stereocenters. The van der Waals surface area contributed by atoms with Gasteiger partial charge in [0.2, 0.25) is 0 Å². The van der Waals surface area contributed by atoms with E-state index in [1.807, 2.05) is 0 Å². The van der Waals surface area contributed by atoms with Gasteiger partial charge in [0.1, 0.15) is 0 Å². The van der Waals surface area contributed by atoms with Gasteiger partial charge in [0.15, 0.2) is 0 Å². The maximum atomic E-state index is 11.1. The Labute approximate surface area is 99.3 Å². The first-order valence-corrected chi connectivity index (χ1v) is 5.55. The van der Waals surface area contributed by atoms with Gasteiger partial charge in [-0.05, 0) is 12.8 Å². The quantitative estimate of drug-likeness (QED) is 0.595. The van der Waals surface area contributed by atoms with Crippen LogP contribution in [0.15, 0.2) is 0 Å². The SMILES string of the molecule is CCCC(C(=O)O)C(C(=O)O)C(CC)C(=O)O. The second-order valence-electron chi connectivity index (χ2n) is 3.95. The van der Waals surface area contributed by atoms with Crippen molar-refractivity contribution >= 4 is 17.9 Å². The second kappa shape index (κ2) is 6.88. The molecular weight excluding hydrogens is 228 g/mol. The lowest BCUT2D eigenvalue weighted by Gasteiger charge is -2.24. The van der Waals surface area contributed by atoms with Crippen molar-refractivity contribution < 1.29 is 29.7 Å². The highest BCUT2D eigenvalue weighted by molar-refractivity contribution is 5.85. The van der Waals surface area contributed by atoms with Crippen LogP contribution in [0.4, 0.5) is 0 Å². The van der Waals surface area contributed by atoms with Crippen LogP contribution in [0.3, 0.4) is 0 Å². The Morgan fingerprint density at radius 3 is 1.59 bits per heavy atom. The molecule has 6 heteroatoms. The number of hydrogen-bond donors (Lipinski definition) is 3. The van der Waals surface area contributed by atoms with Crippen LogP contribution < -0.4 is 0 Å². The fraction of sp³-hybridized carbons (Fsp3) is 0.727.